The summed E-state index contributed by atoms with van der Waals surface area (Å²) in [7, 11) is 3.32. The molecule has 10 heteroatoms. The number of para-hydroxylation sites is 1. The molecule has 2 amide bonds. The second kappa shape index (κ2) is 17.8. The largest absolute Gasteiger partial charge is 0.493 e. The van der Waals surface area contributed by atoms with Gasteiger partial charge in [0.2, 0.25) is 5.91 Å². The number of ether oxygens (including phenoxy) is 6. The molecule has 0 N–H and O–H groups in total. The van der Waals surface area contributed by atoms with Crippen LogP contribution in [0.2, 0.25) is 0 Å². The van der Waals surface area contributed by atoms with Crippen LogP contribution in [0, 0.1) is 6.92 Å². The molecule has 276 valence electrons. The normalized spacial score (nSPS) is 17.6. The van der Waals surface area contributed by atoms with Gasteiger partial charge < -0.3 is 38.2 Å². The van der Waals surface area contributed by atoms with Crippen molar-refractivity contribution in [3.8, 4) is 17.2 Å². The lowest BCUT2D eigenvalue weighted by atomic mass is 9.87. The number of amides is 2. The van der Waals surface area contributed by atoms with Gasteiger partial charge in [-0.05, 0) is 93.5 Å². The number of hydrogen-bond acceptors (Lipinski definition) is 8. The molecule has 0 saturated carbocycles. The van der Waals surface area contributed by atoms with E-state index in [1.54, 1.807) is 19.1 Å². The van der Waals surface area contributed by atoms with Crippen LogP contribution >= 0.6 is 0 Å². The molecule has 1 saturated heterocycles. The number of benzene rings is 3. The summed E-state index contributed by atoms with van der Waals surface area (Å²) in [5, 5.41) is 0. The molecule has 0 spiro atoms. The van der Waals surface area contributed by atoms with Crippen molar-refractivity contribution in [2.45, 2.75) is 84.0 Å². The van der Waals surface area contributed by atoms with Gasteiger partial charge in [0.15, 0.2) is 11.5 Å². The monoisotopic (exact) mass is 702 g/mol. The summed E-state index contributed by atoms with van der Waals surface area (Å²) < 4.78 is 35.1. The number of fused-ring (bicyclic) bond motifs is 1. The highest BCUT2D eigenvalue weighted by molar-refractivity contribution is 5.96. The van der Waals surface area contributed by atoms with Crippen molar-refractivity contribution in [3.63, 3.8) is 0 Å². The van der Waals surface area contributed by atoms with Crippen LogP contribution in [-0.4, -0.2) is 82.3 Å². The van der Waals surface area contributed by atoms with Gasteiger partial charge >= 0.3 is 6.09 Å². The van der Waals surface area contributed by atoms with Gasteiger partial charge in [0.1, 0.15) is 11.4 Å². The molecule has 5 rings (SSSR count). The quantitative estimate of drug-likeness (QED) is 0.151. The van der Waals surface area contributed by atoms with E-state index in [4.69, 9.17) is 28.4 Å². The Morgan fingerprint density at radius 3 is 2.45 bits per heavy atom. The lowest BCUT2D eigenvalue weighted by Gasteiger charge is -2.39. The summed E-state index contributed by atoms with van der Waals surface area (Å²) in [6.07, 6.45) is 2.89. The summed E-state index contributed by atoms with van der Waals surface area (Å²) in [5.74, 6) is 2.49. The molecule has 10 nitrogen and oxygen atoms in total. The SMILES string of the molecule is COCCCN1C(=O)CCc2ccc(COC3CN(C(=O)OC(C)(C)C)CCC3c3ccc(OCCCOc4c(C)cccc4OC)cc3)cc21. The number of rotatable bonds is 15. The van der Waals surface area contributed by atoms with E-state index in [0.717, 1.165) is 65.3 Å². The van der Waals surface area contributed by atoms with Crippen molar-refractivity contribution < 1.29 is 38.0 Å². The van der Waals surface area contributed by atoms with E-state index in [0.29, 0.717) is 52.5 Å². The maximum atomic E-state index is 13.1. The van der Waals surface area contributed by atoms with Gasteiger partial charge in [-0.1, -0.05) is 36.4 Å². The van der Waals surface area contributed by atoms with Crippen LogP contribution in [0.25, 0.3) is 0 Å². The first-order valence-corrected chi connectivity index (χ1v) is 18.1. The van der Waals surface area contributed by atoms with Gasteiger partial charge in [0.05, 0.1) is 39.6 Å². The Bertz CT molecular complexity index is 1600. The molecule has 2 aliphatic rings. The lowest BCUT2D eigenvalue weighted by Crippen LogP contribution is -2.48. The molecule has 3 aromatic carbocycles. The van der Waals surface area contributed by atoms with Crippen LogP contribution in [0.4, 0.5) is 10.5 Å². The van der Waals surface area contributed by atoms with E-state index in [1.165, 1.54) is 5.56 Å². The zero-order valence-electron chi connectivity index (χ0n) is 31.1. The predicted molar refractivity (Wildman–Crippen MR) is 197 cm³/mol. The molecule has 1 fully saturated rings. The van der Waals surface area contributed by atoms with Crippen LogP contribution in [0.5, 0.6) is 17.2 Å². The predicted octanol–water partition coefficient (Wildman–Crippen LogP) is 7.48. The maximum absolute atomic E-state index is 13.1. The standard InChI is InChI=1S/C41H54N2O8/c1-29-10-7-11-36(47-6)39(29)49-25-9-24-48-33-17-14-31(15-18-33)34-20-22-42(40(45)51-41(2,3)4)27-37(34)50-28-30-12-13-32-16-19-38(44)43(35(32)26-30)21-8-23-46-5/h7,10-15,17-18,26,34,37H,8-9,16,19-25,27-28H2,1-6H3. The Morgan fingerprint density at radius 2 is 1.71 bits per heavy atom. The number of hydrogen-bond donors (Lipinski definition) is 0. The van der Waals surface area contributed by atoms with Gasteiger partial charge in [-0.15, -0.1) is 0 Å². The van der Waals surface area contributed by atoms with Crippen LogP contribution in [0.1, 0.15) is 74.6 Å². The van der Waals surface area contributed by atoms with Crippen molar-refractivity contribution in [2.75, 3.05) is 58.6 Å². The zero-order valence-corrected chi connectivity index (χ0v) is 31.1. The average molecular weight is 703 g/mol. The van der Waals surface area contributed by atoms with Crippen molar-refractivity contribution in [3.05, 3.63) is 82.9 Å². The number of anilines is 1. The third kappa shape index (κ3) is 10.4. The second-order valence-corrected chi connectivity index (χ2v) is 14.3. The highest BCUT2D eigenvalue weighted by atomic mass is 16.6. The van der Waals surface area contributed by atoms with Crippen molar-refractivity contribution >= 4 is 17.7 Å². The molecule has 0 aliphatic carbocycles. The Kier molecular flexibility index (Phi) is 13.2. The van der Waals surface area contributed by atoms with Crippen LogP contribution in [0.15, 0.2) is 60.7 Å². The van der Waals surface area contributed by atoms with E-state index in [-0.39, 0.29) is 24.0 Å². The molecule has 2 aliphatic heterocycles. The van der Waals surface area contributed by atoms with Gasteiger partial charge in [0.25, 0.3) is 0 Å². The van der Waals surface area contributed by atoms with E-state index in [1.807, 2.05) is 62.9 Å². The first-order valence-electron chi connectivity index (χ1n) is 18.1. The molecule has 3 aromatic rings. The second-order valence-electron chi connectivity index (χ2n) is 14.3. The fraction of sp³-hybridized carbons (Fsp3) is 0.512. The van der Waals surface area contributed by atoms with Crippen molar-refractivity contribution in [1.82, 2.24) is 4.90 Å². The first-order chi connectivity index (χ1) is 24.6. The number of carbonyl (C=O) groups excluding carboxylic acids is 2. The Morgan fingerprint density at radius 1 is 0.922 bits per heavy atom. The summed E-state index contributed by atoms with van der Waals surface area (Å²) in [4.78, 5) is 29.6. The molecule has 51 heavy (non-hydrogen) atoms. The molecule has 0 bridgehead atoms. The van der Waals surface area contributed by atoms with Crippen molar-refractivity contribution in [2.24, 2.45) is 0 Å². The highest BCUT2D eigenvalue weighted by Gasteiger charge is 2.35. The van der Waals surface area contributed by atoms with E-state index in [9.17, 15) is 9.59 Å². The minimum absolute atomic E-state index is 0.0694. The number of aryl methyl sites for hydroxylation is 2. The van der Waals surface area contributed by atoms with Gasteiger partial charge in [-0.2, -0.15) is 0 Å². The number of carbonyl (C=O) groups is 2. The fourth-order valence-electron chi connectivity index (χ4n) is 6.65. The van der Waals surface area contributed by atoms with E-state index < -0.39 is 5.60 Å². The number of methoxy groups -OCH3 is 2. The van der Waals surface area contributed by atoms with Crippen LogP contribution < -0.4 is 19.1 Å². The van der Waals surface area contributed by atoms with Crippen molar-refractivity contribution in [1.29, 1.82) is 0 Å². The van der Waals surface area contributed by atoms with Crippen LogP contribution in [0.3, 0.4) is 0 Å². The summed E-state index contributed by atoms with van der Waals surface area (Å²) in [5.41, 5.74) is 4.69. The summed E-state index contributed by atoms with van der Waals surface area (Å²) in [6, 6.07) is 20.3. The Balaban J connectivity index is 1.23. The minimum atomic E-state index is -0.588. The maximum Gasteiger partial charge on any atom is 0.410 e. The zero-order chi connectivity index (χ0) is 36.4. The molecule has 2 heterocycles. The smallest absolute Gasteiger partial charge is 0.410 e. The third-order valence-electron chi connectivity index (χ3n) is 9.26. The summed E-state index contributed by atoms with van der Waals surface area (Å²) in [6.45, 7) is 11.2. The highest BCUT2D eigenvalue weighted by Crippen LogP contribution is 2.35. The lowest BCUT2D eigenvalue weighted by molar-refractivity contribution is -0.118. The van der Waals surface area contributed by atoms with Gasteiger partial charge in [-0.25, -0.2) is 4.79 Å². The van der Waals surface area contributed by atoms with Gasteiger partial charge in [0, 0.05) is 51.3 Å². The van der Waals surface area contributed by atoms with Crippen LogP contribution in [-0.2, 0) is 32.0 Å². The minimum Gasteiger partial charge on any atom is -0.493 e. The molecule has 0 radical (unpaired) electrons. The average Bonchev–Trinajstić information content (AvgIpc) is 3.11. The number of likely N-dealkylation sites (tertiary alicyclic amines) is 1. The molecule has 2 unspecified atom stereocenters. The number of piperidine rings is 1. The number of nitrogens with zero attached hydrogens (tertiary/aromatic N) is 2. The van der Waals surface area contributed by atoms with Gasteiger partial charge in [-0.3, -0.25) is 4.79 Å². The Labute approximate surface area is 302 Å². The fourth-order valence-corrected chi connectivity index (χ4v) is 6.65. The van der Waals surface area contributed by atoms with E-state index in [2.05, 4.69) is 30.3 Å². The molecular weight excluding hydrogens is 648 g/mol. The first kappa shape index (κ1) is 38.0. The Hall–Kier alpha value is -4.28. The topological polar surface area (TPSA) is 96.0 Å². The molecule has 0 aromatic heterocycles. The third-order valence-corrected chi connectivity index (χ3v) is 9.26. The molecular formula is C41H54N2O8. The summed E-state index contributed by atoms with van der Waals surface area (Å²) >= 11 is 0. The van der Waals surface area contributed by atoms with E-state index >= 15 is 0 Å². The molecule has 2 atom stereocenters.